The zero-order valence-corrected chi connectivity index (χ0v) is 21.1. The SMILES string of the molecule is CS(=O)(=O)NCC1CCN(S(=O)(=O)c2ccc(OC(F)(F)F)cc2S(=O)(=O)c2ccccc2F)CC1. The number of ether oxygens (including phenoxy) is 1. The van der Waals surface area contributed by atoms with Crippen LogP contribution in [-0.2, 0) is 29.9 Å². The molecular formula is C20H22F4N2O7S3. The minimum Gasteiger partial charge on any atom is -0.406 e. The van der Waals surface area contributed by atoms with Gasteiger partial charge in [-0.1, -0.05) is 12.1 Å². The summed E-state index contributed by atoms with van der Waals surface area (Å²) in [6.07, 6.45) is -3.73. The summed E-state index contributed by atoms with van der Waals surface area (Å²) < 4.78 is 135. The molecule has 0 bridgehead atoms. The molecule has 1 saturated heterocycles. The molecule has 1 fully saturated rings. The van der Waals surface area contributed by atoms with E-state index in [4.69, 9.17) is 0 Å². The Kier molecular flexibility index (Phi) is 8.05. The first kappa shape index (κ1) is 28.3. The molecule has 200 valence electrons. The van der Waals surface area contributed by atoms with Gasteiger partial charge in [0.15, 0.2) is 0 Å². The lowest BCUT2D eigenvalue weighted by Crippen LogP contribution is -2.41. The summed E-state index contributed by atoms with van der Waals surface area (Å²) in [6.45, 7) is -0.111. The lowest BCUT2D eigenvalue weighted by atomic mass is 9.99. The van der Waals surface area contributed by atoms with Crippen LogP contribution in [0.1, 0.15) is 12.8 Å². The van der Waals surface area contributed by atoms with Crippen molar-refractivity contribution < 1.29 is 47.6 Å². The van der Waals surface area contributed by atoms with E-state index < -0.39 is 62.5 Å². The minimum absolute atomic E-state index is 0.0864. The van der Waals surface area contributed by atoms with E-state index in [1.54, 1.807) is 0 Å². The van der Waals surface area contributed by atoms with E-state index in [2.05, 4.69) is 9.46 Å². The first-order valence-electron chi connectivity index (χ1n) is 10.3. The molecule has 16 heteroatoms. The van der Waals surface area contributed by atoms with Gasteiger partial charge in [0.1, 0.15) is 21.4 Å². The van der Waals surface area contributed by atoms with Gasteiger partial charge in [-0.3, -0.25) is 0 Å². The van der Waals surface area contributed by atoms with Crippen LogP contribution in [0.2, 0.25) is 0 Å². The first-order chi connectivity index (χ1) is 16.5. The van der Waals surface area contributed by atoms with Gasteiger partial charge in [-0.15, -0.1) is 13.2 Å². The number of halogens is 4. The highest BCUT2D eigenvalue weighted by molar-refractivity contribution is 7.93. The number of hydrogen-bond donors (Lipinski definition) is 1. The Hall–Kier alpha value is -2.27. The van der Waals surface area contributed by atoms with Gasteiger partial charge < -0.3 is 4.74 Å². The van der Waals surface area contributed by atoms with E-state index in [1.165, 1.54) is 12.1 Å². The summed E-state index contributed by atoms with van der Waals surface area (Å²) in [5.41, 5.74) is 0. The predicted molar refractivity (Wildman–Crippen MR) is 119 cm³/mol. The summed E-state index contributed by atoms with van der Waals surface area (Å²) >= 11 is 0. The van der Waals surface area contributed by atoms with Gasteiger partial charge in [0.05, 0.1) is 11.2 Å². The van der Waals surface area contributed by atoms with Gasteiger partial charge in [0.2, 0.25) is 29.9 Å². The van der Waals surface area contributed by atoms with Crippen LogP contribution in [0.3, 0.4) is 0 Å². The molecule has 0 atom stereocenters. The molecule has 0 aromatic heterocycles. The highest BCUT2D eigenvalue weighted by atomic mass is 32.2. The zero-order valence-electron chi connectivity index (χ0n) is 18.7. The fraction of sp³-hybridized carbons (Fsp3) is 0.400. The maximum Gasteiger partial charge on any atom is 0.573 e. The smallest absolute Gasteiger partial charge is 0.406 e. The third kappa shape index (κ3) is 6.73. The molecule has 0 unspecified atom stereocenters. The van der Waals surface area contributed by atoms with Crippen LogP contribution >= 0.6 is 0 Å². The Morgan fingerprint density at radius 2 is 1.56 bits per heavy atom. The Morgan fingerprint density at radius 3 is 2.11 bits per heavy atom. The number of benzene rings is 2. The maximum atomic E-state index is 14.3. The first-order valence-corrected chi connectivity index (χ1v) is 15.2. The molecule has 36 heavy (non-hydrogen) atoms. The van der Waals surface area contributed by atoms with Gasteiger partial charge >= 0.3 is 6.36 Å². The van der Waals surface area contributed by atoms with Crippen molar-refractivity contribution >= 4 is 29.9 Å². The molecule has 1 N–H and O–H groups in total. The number of hydrogen-bond acceptors (Lipinski definition) is 7. The molecule has 2 aromatic rings. The number of rotatable bonds is 8. The molecule has 1 aliphatic heterocycles. The molecule has 0 aliphatic carbocycles. The summed E-state index contributed by atoms with van der Waals surface area (Å²) in [7, 11) is -13.0. The fourth-order valence-electron chi connectivity index (χ4n) is 3.65. The average Bonchev–Trinajstić information content (AvgIpc) is 2.76. The zero-order chi connectivity index (χ0) is 26.9. The summed E-state index contributed by atoms with van der Waals surface area (Å²) in [6, 6.07) is 5.76. The molecule has 1 aliphatic rings. The van der Waals surface area contributed by atoms with Gasteiger partial charge in [-0.2, -0.15) is 4.31 Å². The number of piperidine rings is 1. The van der Waals surface area contributed by atoms with Gasteiger partial charge in [0, 0.05) is 25.7 Å². The van der Waals surface area contributed by atoms with Crippen molar-refractivity contribution in [2.75, 3.05) is 25.9 Å². The van der Waals surface area contributed by atoms with Crippen molar-refractivity contribution in [1.29, 1.82) is 0 Å². The fourth-order valence-corrected chi connectivity index (χ4v) is 7.78. The number of nitrogens with one attached hydrogen (secondary N) is 1. The number of sulfone groups is 1. The molecule has 0 amide bonds. The van der Waals surface area contributed by atoms with Crippen LogP contribution in [0.4, 0.5) is 17.6 Å². The van der Waals surface area contributed by atoms with Crippen LogP contribution < -0.4 is 9.46 Å². The highest BCUT2D eigenvalue weighted by Crippen LogP contribution is 2.35. The number of nitrogens with zero attached hydrogens (tertiary/aromatic N) is 1. The van der Waals surface area contributed by atoms with Crippen molar-refractivity contribution in [3.63, 3.8) is 0 Å². The Labute approximate surface area is 206 Å². The lowest BCUT2D eigenvalue weighted by molar-refractivity contribution is -0.274. The van der Waals surface area contributed by atoms with Gasteiger partial charge in [0.25, 0.3) is 0 Å². The monoisotopic (exact) mass is 574 g/mol. The Morgan fingerprint density at radius 1 is 0.944 bits per heavy atom. The van der Waals surface area contributed by atoms with E-state index >= 15 is 0 Å². The topological polar surface area (TPSA) is 127 Å². The van der Waals surface area contributed by atoms with Crippen LogP contribution in [0.15, 0.2) is 57.2 Å². The van der Waals surface area contributed by atoms with Crippen molar-refractivity contribution in [2.24, 2.45) is 5.92 Å². The summed E-state index contributed by atoms with van der Waals surface area (Å²) in [5.74, 6) is -2.40. The lowest BCUT2D eigenvalue weighted by Gasteiger charge is -2.31. The van der Waals surface area contributed by atoms with Crippen molar-refractivity contribution in [3.8, 4) is 5.75 Å². The van der Waals surface area contributed by atoms with Crippen LogP contribution in [-0.4, -0.2) is 61.8 Å². The third-order valence-electron chi connectivity index (χ3n) is 5.39. The van der Waals surface area contributed by atoms with Crippen LogP contribution in [0.5, 0.6) is 5.75 Å². The Bertz CT molecular complexity index is 1440. The van der Waals surface area contributed by atoms with Gasteiger partial charge in [-0.05, 0) is 43.0 Å². The van der Waals surface area contributed by atoms with E-state index in [0.717, 1.165) is 22.7 Å². The standard InChI is InChI=1S/C20H22F4N2O7S3/c1-34(27,28)25-13-14-8-10-26(11-9-14)36(31,32)18-7-6-15(33-20(22,23)24)12-19(18)35(29,30)17-5-3-2-4-16(17)21/h2-7,12,14,25H,8-11,13H2,1H3. The molecule has 1 heterocycles. The minimum atomic E-state index is -5.19. The van der Waals surface area contributed by atoms with Crippen LogP contribution in [0.25, 0.3) is 0 Å². The number of alkyl halides is 3. The second-order valence-electron chi connectivity index (χ2n) is 8.06. The molecule has 9 nitrogen and oxygen atoms in total. The molecule has 0 radical (unpaired) electrons. The van der Waals surface area contributed by atoms with E-state index in [9.17, 15) is 42.8 Å². The summed E-state index contributed by atoms with van der Waals surface area (Å²) in [4.78, 5) is -2.83. The normalized spacial score (nSPS) is 16.7. The second-order valence-corrected chi connectivity index (χ2v) is 13.7. The van der Waals surface area contributed by atoms with Gasteiger partial charge in [-0.25, -0.2) is 34.4 Å². The summed E-state index contributed by atoms with van der Waals surface area (Å²) in [5, 5.41) is 0. The van der Waals surface area contributed by atoms with E-state index in [1.807, 2.05) is 0 Å². The van der Waals surface area contributed by atoms with Crippen molar-refractivity contribution in [2.45, 2.75) is 33.9 Å². The highest BCUT2D eigenvalue weighted by Gasteiger charge is 2.37. The van der Waals surface area contributed by atoms with Crippen LogP contribution in [0, 0.1) is 11.7 Å². The maximum absolute atomic E-state index is 14.3. The molecule has 0 saturated carbocycles. The quantitative estimate of drug-likeness (QED) is 0.480. The van der Waals surface area contributed by atoms with E-state index in [-0.39, 0.29) is 38.4 Å². The predicted octanol–water partition coefficient (Wildman–Crippen LogP) is 2.51. The van der Waals surface area contributed by atoms with E-state index in [0.29, 0.717) is 18.2 Å². The molecule has 2 aromatic carbocycles. The molecule has 3 rings (SSSR count). The largest absolute Gasteiger partial charge is 0.573 e. The van der Waals surface area contributed by atoms with Crippen molar-refractivity contribution in [3.05, 3.63) is 48.3 Å². The Balaban J connectivity index is 2.01. The number of sulfonamides is 2. The molecule has 0 spiro atoms. The average molecular weight is 575 g/mol. The molecular weight excluding hydrogens is 552 g/mol. The second kappa shape index (κ2) is 10.2. The van der Waals surface area contributed by atoms with Crippen molar-refractivity contribution in [1.82, 2.24) is 9.03 Å². The third-order valence-corrected chi connectivity index (χ3v) is 9.99.